The summed E-state index contributed by atoms with van der Waals surface area (Å²) in [7, 11) is 0. The standard InChI is InChI=1S/C12H20O4/c1-2-10(11(13)14)9-3-5-16-12(7-9)4-6-15-8-12/h9-10H,2-8H2,1H3,(H,13,14). The second-order valence-electron chi connectivity index (χ2n) is 4.94. The third-order valence-corrected chi connectivity index (χ3v) is 3.92. The van der Waals surface area contributed by atoms with E-state index in [0.717, 1.165) is 25.9 Å². The molecule has 2 saturated heterocycles. The Hall–Kier alpha value is -0.610. The van der Waals surface area contributed by atoms with Gasteiger partial charge >= 0.3 is 5.97 Å². The minimum absolute atomic E-state index is 0.175. The molecule has 2 aliphatic rings. The van der Waals surface area contributed by atoms with Crippen molar-refractivity contribution in [3.63, 3.8) is 0 Å². The van der Waals surface area contributed by atoms with Crippen molar-refractivity contribution in [3.8, 4) is 0 Å². The van der Waals surface area contributed by atoms with Gasteiger partial charge in [0.15, 0.2) is 0 Å². The molecule has 16 heavy (non-hydrogen) atoms. The van der Waals surface area contributed by atoms with E-state index >= 15 is 0 Å². The van der Waals surface area contributed by atoms with Crippen LogP contribution in [-0.2, 0) is 14.3 Å². The maximum Gasteiger partial charge on any atom is 0.306 e. The SMILES string of the molecule is CCC(C(=O)O)C1CCOC2(CCOC2)C1. The van der Waals surface area contributed by atoms with Crippen LogP contribution in [0.3, 0.4) is 0 Å². The first-order chi connectivity index (χ1) is 7.67. The van der Waals surface area contributed by atoms with Gasteiger partial charge in [-0.15, -0.1) is 0 Å². The molecule has 4 heteroatoms. The Morgan fingerprint density at radius 1 is 1.56 bits per heavy atom. The molecule has 1 N–H and O–H groups in total. The van der Waals surface area contributed by atoms with Gasteiger partial charge in [0.1, 0.15) is 0 Å². The van der Waals surface area contributed by atoms with Crippen LogP contribution in [-0.4, -0.2) is 36.5 Å². The largest absolute Gasteiger partial charge is 0.481 e. The lowest BCUT2D eigenvalue weighted by atomic mass is 9.77. The van der Waals surface area contributed by atoms with Crippen LogP contribution in [0.1, 0.15) is 32.6 Å². The van der Waals surface area contributed by atoms with Crippen molar-refractivity contribution in [1.82, 2.24) is 0 Å². The van der Waals surface area contributed by atoms with Crippen LogP contribution in [0.25, 0.3) is 0 Å². The Bertz CT molecular complexity index is 258. The second-order valence-corrected chi connectivity index (χ2v) is 4.94. The first-order valence-electron chi connectivity index (χ1n) is 6.11. The molecular formula is C12H20O4. The Kier molecular flexibility index (Phi) is 3.50. The van der Waals surface area contributed by atoms with Crippen molar-refractivity contribution in [2.75, 3.05) is 19.8 Å². The zero-order chi connectivity index (χ0) is 11.6. The summed E-state index contributed by atoms with van der Waals surface area (Å²) < 4.78 is 11.2. The van der Waals surface area contributed by atoms with Gasteiger partial charge in [-0.2, -0.15) is 0 Å². The molecule has 0 aliphatic carbocycles. The lowest BCUT2D eigenvalue weighted by Crippen LogP contribution is -2.43. The molecule has 2 fully saturated rings. The molecule has 4 nitrogen and oxygen atoms in total. The number of ether oxygens (including phenoxy) is 2. The Labute approximate surface area is 95.9 Å². The number of hydrogen-bond donors (Lipinski definition) is 1. The Balaban J connectivity index is 2.03. The van der Waals surface area contributed by atoms with Crippen molar-refractivity contribution < 1.29 is 19.4 Å². The zero-order valence-corrected chi connectivity index (χ0v) is 9.78. The predicted octanol–water partition coefficient (Wildman–Crippen LogP) is 1.68. The van der Waals surface area contributed by atoms with Crippen LogP contribution in [0.4, 0.5) is 0 Å². The summed E-state index contributed by atoms with van der Waals surface area (Å²) >= 11 is 0. The summed E-state index contributed by atoms with van der Waals surface area (Å²) in [6.07, 6.45) is 3.33. The fourth-order valence-electron chi connectivity index (χ4n) is 2.98. The molecular weight excluding hydrogens is 208 g/mol. The smallest absolute Gasteiger partial charge is 0.306 e. The molecule has 92 valence electrons. The normalized spacial score (nSPS) is 36.4. The minimum Gasteiger partial charge on any atom is -0.481 e. The van der Waals surface area contributed by atoms with E-state index in [-0.39, 0.29) is 17.4 Å². The van der Waals surface area contributed by atoms with Gasteiger partial charge in [-0.25, -0.2) is 0 Å². The number of carboxylic acid groups (broad SMARTS) is 1. The Morgan fingerprint density at radius 3 is 2.94 bits per heavy atom. The van der Waals surface area contributed by atoms with Crippen LogP contribution in [0.15, 0.2) is 0 Å². The van der Waals surface area contributed by atoms with Crippen molar-refractivity contribution in [3.05, 3.63) is 0 Å². The van der Waals surface area contributed by atoms with Gasteiger partial charge in [0.25, 0.3) is 0 Å². The molecule has 0 amide bonds. The summed E-state index contributed by atoms with van der Waals surface area (Å²) in [4.78, 5) is 11.2. The van der Waals surface area contributed by atoms with E-state index < -0.39 is 5.97 Å². The van der Waals surface area contributed by atoms with Gasteiger partial charge in [0.2, 0.25) is 0 Å². The highest BCUT2D eigenvalue weighted by molar-refractivity contribution is 5.70. The quantitative estimate of drug-likeness (QED) is 0.798. The molecule has 0 saturated carbocycles. The second kappa shape index (κ2) is 4.72. The van der Waals surface area contributed by atoms with E-state index in [2.05, 4.69) is 0 Å². The lowest BCUT2D eigenvalue weighted by Gasteiger charge is -2.39. The molecule has 1 spiro atoms. The topological polar surface area (TPSA) is 55.8 Å². The predicted molar refractivity (Wildman–Crippen MR) is 58.3 cm³/mol. The number of aliphatic carboxylic acids is 1. The van der Waals surface area contributed by atoms with E-state index in [1.807, 2.05) is 6.92 Å². The number of hydrogen-bond acceptors (Lipinski definition) is 3. The van der Waals surface area contributed by atoms with Crippen molar-refractivity contribution in [2.45, 2.75) is 38.2 Å². The van der Waals surface area contributed by atoms with Gasteiger partial charge in [-0.1, -0.05) is 6.92 Å². The average molecular weight is 228 g/mol. The van der Waals surface area contributed by atoms with E-state index in [9.17, 15) is 9.90 Å². The van der Waals surface area contributed by atoms with Crippen LogP contribution in [0.5, 0.6) is 0 Å². The molecule has 3 atom stereocenters. The average Bonchev–Trinajstić information content (AvgIpc) is 2.67. The highest BCUT2D eigenvalue weighted by Gasteiger charge is 2.43. The fourth-order valence-corrected chi connectivity index (χ4v) is 2.98. The lowest BCUT2D eigenvalue weighted by molar-refractivity contribution is -0.150. The molecule has 0 radical (unpaired) electrons. The summed E-state index contributed by atoms with van der Waals surface area (Å²) in [6, 6.07) is 0. The molecule has 2 aliphatic heterocycles. The number of carbonyl (C=O) groups is 1. The van der Waals surface area contributed by atoms with Crippen molar-refractivity contribution in [1.29, 1.82) is 0 Å². The zero-order valence-electron chi connectivity index (χ0n) is 9.78. The molecule has 0 bridgehead atoms. The molecule has 0 aromatic carbocycles. The summed E-state index contributed by atoms with van der Waals surface area (Å²) in [5, 5.41) is 9.18. The number of rotatable bonds is 3. The van der Waals surface area contributed by atoms with Gasteiger partial charge < -0.3 is 14.6 Å². The third kappa shape index (κ3) is 2.23. The summed E-state index contributed by atoms with van der Waals surface area (Å²) in [6.45, 7) is 4.01. The van der Waals surface area contributed by atoms with Crippen LogP contribution in [0, 0.1) is 11.8 Å². The molecule has 0 aromatic rings. The first kappa shape index (κ1) is 11.9. The monoisotopic (exact) mass is 228 g/mol. The molecule has 2 rings (SSSR count). The van der Waals surface area contributed by atoms with Crippen molar-refractivity contribution >= 4 is 5.97 Å². The van der Waals surface area contributed by atoms with E-state index in [1.165, 1.54) is 0 Å². The van der Waals surface area contributed by atoms with Crippen LogP contribution in [0.2, 0.25) is 0 Å². The van der Waals surface area contributed by atoms with E-state index in [4.69, 9.17) is 9.47 Å². The first-order valence-corrected chi connectivity index (χ1v) is 6.11. The van der Waals surface area contributed by atoms with Gasteiger partial charge in [0.05, 0.1) is 18.1 Å². The maximum atomic E-state index is 11.2. The van der Waals surface area contributed by atoms with Gasteiger partial charge in [-0.3, -0.25) is 4.79 Å². The molecule has 2 heterocycles. The Morgan fingerprint density at radius 2 is 2.38 bits per heavy atom. The van der Waals surface area contributed by atoms with E-state index in [1.54, 1.807) is 0 Å². The van der Waals surface area contributed by atoms with E-state index in [0.29, 0.717) is 19.6 Å². The highest BCUT2D eigenvalue weighted by atomic mass is 16.6. The summed E-state index contributed by atoms with van der Waals surface area (Å²) in [5.74, 6) is -0.636. The number of carboxylic acids is 1. The van der Waals surface area contributed by atoms with Crippen LogP contribution >= 0.6 is 0 Å². The van der Waals surface area contributed by atoms with Gasteiger partial charge in [-0.05, 0) is 25.2 Å². The van der Waals surface area contributed by atoms with Crippen LogP contribution < -0.4 is 0 Å². The molecule has 3 unspecified atom stereocenters. The third-order valence-electron chi connectivity index (χ3n) is 3.92. The molecule has 0 aromatic heterocycles. The fraction of sp³-hybridized carbons (Fsp3) is 0.917. The van der Waals surface area contributed by atoms with Crippen molar-refractivity contribution in [2.24, 2.45) is 11.8 Å². The maximum absolute atomic E-state index is 11.2. The summed E-state index contributed by atoms with van der Waals surface area (Å²) in [5.41, 5.74) is -0.175. The van der Waals surface area contributed by atoms with Gasteiger partial charge in [0, 0.05) is 19.6 Å². The minimum atomic E-state index is -0.663. The highest BCUT2D eigenvalue weighted by Crippen LogP contribution is 2.39.